The van der Waals surface area contributed by atoms with Crippen LogP contribution < -0.4 is 10.3 Å². The van der Waals surface area contributed by atoms with Crippen molar-refractivity contribution in [1.29, 1.82) is 0 Å². The molecular weight excluding hydrogens is 196 g/mol. The molecule has 6 heteroatoms. The van der Waals surface area contributed by atoms with Crippen molar-refractivity contribution >= 4 is 11.2 Å². The maximum Gasteiger partial charge on any atom is 0.301 e. The lowest BCUT2D eigenvalue weighted by molar-refractivity contribution is 0.297. The fourth-order valence-corrected chi connectivity index (χ4v) is 1.23. The van der Waals surface area contributed by atoms with Crippen molar-refractivity contribution in [3.8, 4) is 6.01 Å². The molecule has 0 saturated carbocycles. The largest absolute Gasteiger partial charge is 0.465 e. The second-order valence-corrected chi connectivity index (χ2v) is 2.92. The molecule has 0 fully saturated rings. The molecule has 2 aromatic rings. The van der Waals surface area contributed by atoms with Crippen LogP contribution in [0.5, 0.6) is 6.01 Å². The zero-order chi connectivity index (χ0) is 10.8. The van der Waals surface area contributed by atoms with Gasteiger partial charge in [-0.25, -0.2) is 9.97 Å². The molecule has 0 saturated heterocycles. The van der Waals surface area contributed by atoms with Crippen LogP contribution in [-0.2, 0) is 7.05 Å². The van der Waals surface area contributed by atoms with Gasteiger partial charge in [0, 0.05) is 19.4 Å². The van der Waals surface area contributed by atoms with Crippen LogP contribution in [0.4, 0.5) is 0 Å². The van der Waals surface area contributed by atoms with Crippen LogP contribution in [0.2, 0.25) is 0 Å². The molecule has 0 aromatic carbocycles. The van der Waals surface area contributed by atoms with E-state index in [9.17, 15) is 4.79 Å². The molecule has 2 aromatic heterocycles. The standard InChI is InChI=1S/C9H10N4O2/c1-3-15-9-12-7-6(8(14)13(9)2)10-4-5-11-7/h4-5H,3H2,1-2H3. The first-order valence-corrected chi connectivity index (χ1v) is 4.54. The van der Waals surface area contributed by atoms with Gasteiger partial charge in [-0.1, -0.05) is 0 Å². The average Bonchev–Trinajstić information content (AvgIpc) is 2.26. The third-order valence-corrected chi connectivity index (χ3v) is 1.95. The van der Waals surface area contributed by atoms with E-state index in [1.165, 1.54) is 17.0 Å². The molecule has 6 nitrogen and oxygen atoms in total. The molecule has 0 aliphatic heterocycles. The Hall–Kier alpha value is -1.98. The van der Waals surface area contributed by atoms with E-state index in [1.807, 2.05) is 6.92 Å². The first kappa shape index (κ1) is 9.57. The van der Waals surface area contributed by atoms with E-state index in [2.05, 4.69) is 15.0 Å². The zero-order valence-electron chi connectivity index (χ0n) is 8.47. The van der Waals surface area contributed by atoms with Gasteiger partial charge >= 0.3 is 6.01 Å². The molecule has 0 unspecified atom stereocenters. The summed E-state index contributed by atoms with van der Waals surface area (Å²) in [5.74, 6) is 0. The van der Waals surface area contributed by atoms with Crippen molar-refractivity contribution in [3.05, 3.63) is 22.7 Å². The van der Waals surface area contributed by atoms with Crippen molar-refractivity contribution in [2.24, 2.45) is 7.05 Å². The first-order valence-electron chi connectivity index (χ1n) is 4.54. The quantitative estimate of drug-likeness (QED) is 0.698. The van der Waals surface area contributed by atoms with Gasteiger partial charge in [-0.2, -0.15) is 4.98 Å². The third-order valence-electron chi connectivity index (χ3n) is 1.95. The number of rotatable bonds is 2. The number of nitrogens with zero attached hydrogens (tertiary/aromatic N) is 4. The molecule has 0 amide bonds. The lowest BCUT2D eigenvalue weighted by atomic mass is 10.5. The topological polar surface area (TPSA) is 69.9 Å². The number of aromatic nitrogens is 4. The van der Waals surface area contributed by atoms with E-state index >= 15 is 0 Å². The van der Waals surface area contributed by atoms with E-state index in [4.69, 9.17) is 4.74 Å². The van der Waals surface area contributed by atoms with Gasteiger partial charge in [0.05, 0.1) is 6.61 Å². The molecular formula is C9H10N4O2. The summed E-state index contributed by atoms with van der Waals surface area (Å²) in [6.07, 6.45) is 2.95. The van der Waals surface area contributed by atoms with E-state index in [0.717, 1.165) is 0 Å². The van der Waals surface area contributed by atoms with Gasteiger partial charge in [0.25, 0.3) is 5.56 Å². The van der Waals surface area contributed by atoms with Crippen molar-refractivity contribution in [1.82, 2.24) is 19.5 Å². The maximum atomic E-state index is 11.8. The van der Waals surface area contributed by atoms with Gasteiger partial charge in [0.2, 0.25) is 0 Å². The summed E-state index contributed by atoms with van der Waals surface area (Å²) in [4.78, 5) is 23.7. The number of fused-ring (bicyclic) bond motifs is 1. The van der Waals surface area contributed by atoms with Crippen LogP contribution in [0.1, 0.15) is 6.92 Å². The maximum absolute atomic E-state index is 11.8. The highest BCUT2D eigenvalue weighted by Gasteiger charge is 2.09. The highest BCUT2D eigenvalue weighted by atomic mass is 16.5. The Morgan fingerprint density at radius 3 is 2.87 bits per heavy atom. The van der Waals surface area contributed by atoms with Gasteiger partial charge in [0.15, 0.2) is 11.2 Å². The Balaban J connectivity index is 2.77. The SMILES string of the molecule is CCOc1nc2nccnc2c(=O)n1C. The Bertz CT molecular complexity index is 549. The minimum absolute atomic E-state index is 0.253. The third kappa shape index (κ3) is 1.54. The van der Waals surface area contributed by atoms with Crippen molar-refractivity contribution < 1.29 is 4.74 Å². The summed E-state index contributed by atoms with van der Waals surface area (Å²) >= 11 is 0. The monoisotopic (exact) mass is 206 g/mol. The van der Waals surface area contributed by atoms with Crippen molar-refractivity contribution in [2.75, 3.05) is 6.61 Å². The minimum Gasteiger partial charge on any atom is -0.465 e. The normalized spacial score (nSPS) is 10.5. The van der Waals surface area contributed by atoms with Gasteiger partial charge in [-0.05, 0) is 6.92 Å². The van der Waals surface area contributed by atoms with Gasteiger partial charge in [-0.15, -0.1) is 0 Å². The average molecular weight is 206 g/mol. The predicted molar refractivity (Wildman–Crippen MR) is 53.7 cm³/mol. The molecule has 2 rings (SSSR count). The molecule has 0 spiro atoms. The molecule has 0 N–H and O–H groups in total. The first-order chi connectivity index (χ1) is 7.24. The fourth-order valence-electron chi connectivity index (χ4n) is 1.23. The minimum atomic E-state index is -0.253. The van der Waals surface area contributed by atoms with Crippen LogP contribution in [0, 0.1) is 0 Å². The van der Waals surface area contributed by atoms with Gasteiger partial charge < -0.3 is 4.74 Å². The fraction of sp³-hybridized carbons (Fsp3) is 0.333. The second-order valence-electron chi connectivity index (χ2n) is 2.92. The van der Waals surface area contributed by atoms with Gasteiger partial charge in [0.1, 0.15) is 0 Å². The highest BCUT2D eigenvalue weighted by molar-refractivity contribution is 5.67. The molecule has 0 radical (unpaired) electrons. The summed E-state index contributed by atoms with van der Waals surface area (Å²) in [6.45, 7) is 2.28. The van der Waals surface area contributed by atoms with Crippen LogP contribution in [0.15, 0.2) is 17.2 Å². The Kier molecular flexibility index (Phi) is 2.32. The van der Waals surface area contributed by atoms with Crippen LogP contribution in [-0.4, -0.2) is 26.1 Å². The highest BCUT2D eigenvalue weighted by Crippen LogP contribution is 2.06. The number of hydrogen-bond acceptors (Lipinski definition) is 5. The second kappa shape index (κ2) is 3.64. The summed E-state index contributed by atoms with van der Waals surface area (Å²) in [5, 5.41) is 0. The number of hydrogen-bond donors (Lipinski definition) is 0. The Morgan fingerprint density at radius 2 is 2.13 bits per heavy atom. The molecule has 0 aliphatic rings. The predicted octanol–water partition coefficient (Wildman–Crippen LogP) is 0.122. The molecule has 15 heavy (non-hydrogen) atoms. The molecule has 0 atom stereocenters. The molecule has 0 aliphatic carbocycles. The van der Waals surface area contributed by atoms with Gasteiger partial charge in [-0.3, -0.25) is 9.36 Å². The lowest BCUT2D eigenvalue weighted by Gasteiger charge is -2.07. The van der Waals surface area contributed by atoms with E-state index < -0.39 is 0 Å². The van der Waals surface area contributed by atoms with Crippen molar-refractivity contribution in [2.45, 2.75) is 6.92 Å². The summed E-state index contributed by atoms with van der Waals surface area (Å²) in [5.41, 5.74) is 0.309. The molecule has 0 bridgehead atoms. The van der Waals surface area contributed by atoms with E-state index in [0.29, 0.717) is 12.3 Å². The molecule has 2 heterocycles. The zero-order valence-corrected chi connectivity index (χ0v) is 8.47. The van der Waals surface area contributed by atoms with Crippen LogP contribution in [0.3, 0.4) is 0 Å². The summed E-state index contributed by atoms with van der Waals surface area (Å²) in [7, 11) is 1.59. The summed E-state index contributed by atoms with van der Waals surface area (Å²) in [6, 6.07) is 0.260. The summed E-state index contributed by atoms with van der Waals surface area (Å²) < 4.78 is 6.53. The van der Waals surface area contributed by atoms with E-state index in [1.54, 1.807) is 7.05 Å². The smallest absolute Gasteiger partial charge is 0.301 e. The lowest BCUT2D eigenvalue weighted by Crippen LogP contribution is -2.21. The van der Waals surface area contributed by atoms with Crippen LogP contribution in [0.25, 0.3) is 11.2 Å². The Morgan fingerprint density at radius 1 is 1.40 bits per heavy atom. The molecule has 78 valence electrons. The van der Waals surface area contributed by atoms with E-state index in [-0.39, 0.29) is 17.1 Å². The van der Waals surface area contributed by atoms with Crippen LogP contribution >= 0.6 is 0 Å². The number of ether oxygens (including phenoxy) is 1. The van der Waals surface area contributed by atoms with Crippen molar-refractivity contribution in [3.63, 3.8) is 0 Å². The Labute approximate surface area is 85.6 Å².